The van der Waals surface area contributed by atoms with E-state index in [2.05, 4.69) is 50.3 Å². The van der Waals surface area contributed by atoms with Crippen LogP contribution in [0.1, 0.15) is 22.8 Å². The molecule has 0 atom stereocenters. The van der Waals surface area contributed by atoms with Gasteiger partial charge in [-0.2, -0.15) is 0 Å². The number of aromatic nitrogens is 4. The predicted octanol–water partition coefficient (Wildman–Crippen LogP) is 5.52. The molecule has 2 aliphatic rings. The molecule has 0 fully saturated rings. The SMILES string of the molecule is C1=Cc2cc3ccc(cc4ccc(cc5nc(cc1n2)C=C5)[nH]4)[nH]3.O.[Cu].c1ccccc1. The van der Waals surface area contributed by atoms with Crippen LogP contribution in [-0.2, 0) is 17.1 Å². The summed E-state index contributed by atoms with van der Waals surface area (Å²) in [6.45, 7) is 0. The molecule has 5 heterocycles. The first-order valence-corrected chi connectivity index (χ1v) is 9.85. The van der Waals surface area contributed by atoms with Crippen LogP contribution in [0.3, 0.4) is 0 Å². The van der Waals surface area contributed by atoms with Crippen LogP contribution < -0.4 is 0 Å². The van der Waals surface area contributed by atoms with Gasteiger partial charge in [0.05, 0.1) is 22.8 Å². The van der Waals surface area contributed by atoms with Crippen LogP contribution in [0.5, 0.6) is 0 Å². The monoisotopic (exact) mass is 469 g/mol. The summed E-state index contributed by atoms with van der Waals surface area (Å²) in [7, 11) is 0. The van der Waals surface area contributed by atoms with E-state index < -0.39 is 0 Å². The fourth-order valence-corrected chi connectivity index (χ4v) is 3.33. The maximum absolute atomic E-state index is 4.62. The zero-order chi connectivity index (χ0) is 20.2. The summed E-state index contributed by atoms with van der Waals surface area (Å²) in [6, 6.07) is 28.4. The minimum absolute atomic E-state index is 0. The first-order valence-electron chi connectivity index (χ1n) is 9.85. The standard InChI is InChI=1S/C20H14N4.C6H6.Cu.H2O/c1-2-14-10-16-5-6-18(23-16)12-20-8-7-19(24-20)11-17-4-3-15(22-17)9-13(1)21-14;1-2-4-6-5-3-1;;/h1-12,21-22H;1-6H;;1H2. The summed E-state index contributed by atoms with van der Waals surface area (Å²) in [4.78, 5) is 16.0. The zero-order valence-electron chi connectivity index (χ0n) is 17.1. The van der Waals surface area contributed by atoms with Gasteiger partial charge in [-0.3, -0.25) is 0 Å². The van der Waals surface area contributed by atoms with E-state index in [0.717, 1.165) is 44.8 Å². The zero-order valence-corrected chi connectivity index (χ0v) is 18.0. The van der Waals surface area contributed by atoms with Crippen molar-refractivity contribution in [2.75, 3.05) is 0 Å². The fraction of sp³-hybridized carbons (Fsp3) is 0. The minimum Gasteiger partial charge on any atom is -0.412 e. The number of nitrogens with zero attached hydrogens (tertiary/aromatic N) is 2. The summed E-state index contributed by atoms with van der Waals surface area (Å²) in [5.41, 5.74) is 7.86. The van der Waals surface area contributed by atoms with E-state index in [4.69, 9.17) is 0 Å². The molecule has 32 heavy (non-hydrogen) atoms. The van der Waals surface area contributed by atoms with Crippen molar-refractivity contribution in [1.29, 1.82) is 0 Å². The second-order valence-electron chi connectivity index (χ2n) is 7.06. The number of hydrogen-bond donors (Lipinski definition) is 2. The number of rotatable bonds is 0. The number of fused-ring (bicyclic) bond motifs is 8. The van der Waals surface area contributed by atoms with Crippen molar-refractivity contribution in [1.82, 2.24) is 19.9 Å². The Labute approximate surface area is 196 Å². The van der Waals surface area contributed by atoms with E-state index in [1.54, 1.807) is 0 Å². The number of benzene rings is 1. The largest absolute Gasteiger partial charge is 0.412 e. The van der Waals surface area contributed by atoms with Crippen LogP contribution in [0.15, 0.2) is 84.9 Å². The third-order valence-corrected chi connectivity index (χ3v) is 4.71. The van der Waals surface area contributed by atoms with Crippen molar-refractivity contribution in [3.05, 3.63) is 108 Å². The van der Waals surface area contributed by atoms with Crippen molar-refractivity contribution in [3.8, 4) is 0 Å². The first-order chi connectivity index (χ1) is 14.8. The van der Waals surface area contributed by atoms with Crippen LogP contribution in [-0.4, -0.2) is 25.4 Å². The maximum atomic E-state index is 4.62. The molecule has 2 aliphatic heterocycles. The maximum Gasteiger partial charge on any atom is 0.0659 e. The first kappa shape index (κ1) is 23.0. The van der Waals surface area contributed by atoms with Gasteiger partial charge in [-0.05, 0) is 72.8 Å². The molecule has 0 aliphatic carbocycles. The van der Waals surface area contributed by atoms with Gasteiger partial charge in [-0.25, -0.2) is 9.97 Å². The average Bonchev–Trinajstić information content (AvgIpc) is 3.56. The summed E-state index contributed by atoms with van der Waals surface area (Å²) in [5, 5.41) is 0. The van der Waals surface area contributed by atoms with E-state index in [1.165, 1.54) is 0 Å². The van der Waals surface area contributed by atoms with Crippen molar-refractivity contribution in [2.45, 2.75) is 0 Å². The Kier molecular flexibility index (Phi) is 7.58. The molecular weight excluding hydrogens is 448 g/mol. The molecule has 0 spiro atoms. The summed E-state index contributed by atoms with van der Waals surface area (Å²) in [6.07, 6.45) is 8.05. The molecule has 4 aromatic rings. The molecular formula is C26H22CuN4O. The van der Waals surface area contributed by atoms with Gasteiger partial charge in [-0.1, -0.05) is 36.4 Å². The molecule has 0 saturated carbocycles. The summed E-state index contributed by atoms with van der Waals surface area (Å²) < 4.78 is 0. The van der Waals surface area contributed by atoms with E-state index in [-0.39, 0.29) is 22.5 Å². The summed E-state index contributed by atoms with van der Waals surface area (Å²) in [5.74, 6) is 0. The molecule has 0 unspecified atom stereocenters. The molecule has 163 valence electrons. The van der Waals surface area contributed by atoms with Crippen LogP contribution in [0.4, 0.5) is 0 Å². The predicted molar refractivity (Wildman–Crippen MR) is 129 cm³/mol. The van der Waals surface area contributed by atoms with Gasteiger partial charge in [-0.15, -0.1) is 0 Å². The number of aromatic amines is 2. The normalized spacial score (nSPS) is 11.0. The van der Waals surface area contributed by atoms with E-state index in [0.29, 0.717) is 0 Å². The Balaban J connectivity index is 0.000000317. The minimum atomic E-state index is 0. The molecule has 3 aromatic heterocycles. The van der Waals surface area contributed by atoms with E-state index >= 15 is 0 Å². The second kappa shape index (κ2) is 10.6. The Morgan fingerprint density at radius 3 is 1.12 bits per heavy atom. The van der Waals surface area contributed by atoms with Crippen LogP contribution >= 0.6 is 0 Å². The Morgan fingerprint density at radius 1 is 0.438 bits per heavy atom. The Morgan fingerprint density at radius 2 is 0.750 bits per heavy atom. The van der Waals surface area contributed by atoms with Gasteiger partial charge in [0.1, 0.15) is 0 Å². The van der Waals surface area contributed by atoms with Crippen LogP contribution in [0.2, 0.25) is 0 Å². The number of hydrogen-bond acceptors (Lipinski definition) is 2. The molecule has 0 amide bonds. The van der Waals surface area contributed by atoms with E-state index in [9.17, 15) is 0 Å². The number of H-pyrrole nitrogens is 2. The fourth-order valence-electron chi connectivity index (χ4n) is 3.33. The van der Waals surface area contributed by atoms with Crippen molar-refractivity contribution in [3.63, 3.8) is 0 Å². The van der Waals surface area contributed by atoms with Crippen molar-refractivity contribution >= 4 is 46.4 Å². The quantitative estimate of drug-likeness (QED) is 0.287. The topological polar surface area (TPSA) is 88.9 Å². The van der Waals surface area contributed by atoms with Crippen LogP contribution in [0.25, 0.3) is 46.4 Å². The molecule has 5 nitrogen and oxygen atoms in total. The molecule has 6 heteroatoms. The van der Waals surface area contributed by atoms with Gasteiger partial charge in [0.15, 0.2) is 0 Å². The van der Waals surface area contributed by atoms with Crippen molar-refractivity contribution < 1.29 is 22.5 Å². The van der Waals surface area contributed by atoms with E-state index in [1.807, 2.05) is 78.9 Å². The molecule has 4 N–H and O–H groups in total. The van der Waals surface area contributed by atoms with Gasteiger partial charge in [0, 0.05) is 39.1 Å². The van der Waals surface area contributed by atoms with Crippen LogP contribution in [0, 0.1) is 0 Å². The van der Waals surface area contributed by atoms with Gasteiger partial charge >= 0.3 is 0 Å². The molecule has 0 saturated heterocycles. The van der Waals surface area contributed by atoms with Crippen molar-refractivity contribution in [2.24, 2.45) is 0 Å². The molecule has 8 bridgehead atoms. The molecule has 1 radical (unpaired) electrons. The number of nitrogens with one attached hydrogen (secondary N) is 2. The second-order valence-corrected chi connectivity index (χ2v) is 7.06. The van der Waals surface area contributed by atoms with Gasteiger partial charge in [0.25, 0.3) is 0 Å². The average molecular weight is 470 g/mol. The Bertz CT molecular complexity index is 1290. The molecule has 1 aromatic carbocycles. The third-order valence-electron chi connectivity index (χ3n) is 4.71. The van der Waals surface area contributed by atoms with Gasteiger partial charge < -0.3 is 15.4 Å². The summed E-state index contributed by atoms with van der Waals surface area (Å²) >= 11 is 0. The third kappa shape index (κ3) is 5.71. The molecule has 6 rings (SSSR count). The Hall–Kier alpha value is -3.70. The smallest absolute Gasteiger partial charge is 0.0659 e. The van der Waals surface area contributed by atoms with Gasteiger partial charge in [0.2, 0.25) is 0 Å².